The second kappa shape index (κ2) is 8.44. The lowest BCUT2D eigenvalue weighted by Gasteiger charge is -2.16. The molecule has 0 spiro atoms. The van der Waals surface area contributed by atoms with Crippen LogP contribution in [0.3, 0.4) is 0 Å². The highest BCUT2D eigenvalue weighted by Gasteiger charge is 2.17. The number of carbonyl (C=O) groups excluding carboxylic acids is 2. The van der Waals surface area contributed by atoms with E-state index < -0.39 is 0 Å². The van der Waals surface area contributed by atoms with E-state index in [-0.39, 0.29) is 24.3 Å². The van der Waals surface area contributed by atoms with Crippen LogP contribution in [-0.2, 0) is 16.1 Å². The number of nitrogens with one attached hydrogen (secondary N) is 2. The van der Waals surface area contributed by atoms with Crippen molar-refractivity contribution in [3.63, 3.8) is 0 Å². The number of carbonyl (C=O) groups is 2. The first kappa shape index (κ1) is 17.9. The van der Waals surface area contributed by atoms with Crippen molar-refractivity contribution in [3.8, 4) is 0 Å². The summed E-state index contributed by atoms with van der Waals surface area (Å²) in [4.78, 5) is 30.7. The van der Waals surface area contributed by atoms with Gasteiger partial charge in [0.15, 0.2) is 0 Å². The van der Waals surface area contributed by atoms with Crippen LogP contribution in [0.15, 0.2) is 35.8 Å². The minimum atomic E-state index is -0.294. The van der Waals surface area contributed by atoms with Crippen molar-refractivity contribution in [2.75, 3.05) is 19.0 Å². The predicted octanol–water partition coefficient (Wildman–Crippen LogP) is 2.09. The Kier molecular flexibility index (Phi) is 6.31. The molecule has 24 heavy (non-hydrogen) atoms. The molecule has 0 aromatic carbocycles. The van der Waals surface area contributed by atoms with Crippen molar-refractivity contribution in [2.45, 2.75) is 25.9 Å². The van der Waals surface area contributed by atoms with Gasteiger partial charge in [-0.15, -0.1) is 11.3 Å². The molecule has 1 atom stereocenters. The highest BCUT2D eigenvalue weighted by molar-refractivity contribution is 7.10. The normalized spacial score (nSPS) is 11.6. The van der Waals surface area contributed by atoms with Gasteiger partial charge in [-0.3, -0.25) is 9.59 Å². The monoisotopic (exact) mass is 346 g/mol. The molecular weight excluding hydrogens is 324 g/mol. The summed E-state index contributed by atoms with van der Waals surface area (Å²) in [6.07, 6.45) is 1.94. The summed E-state index contributed by atoms with van der Waals surface area (Å²) in [5, 5.41) is 7.66. The Balaban J connectivity index is 1.94. The quantitative estimate of drug-likeness (QED) is 0.805. The first-order valence-corrected chi connectivity index (χ1v) is 8.53. The smallest absolute Gasteiger partial charge is 0.222 e. The molecule has 0 aliphatic rings. The minimum absolute atomic E-state index is 0.106. The van der Waals surface area contributed by atoms with Crippen LogP contribution in [-0.4, -0.2) is 30.9 Å². The Morgan fingerprint density at radius 1 is 1.33 bits per heavy atom. The van der Waals surface area contributed by atoms with E-state index in [4.69, 9.17) is 0 Å². The molecule has 0 saturated heterocycles. The average Bonchev–Trinajstić information content (AvgIpc) is 3.06. The number of amides is 2. The van der Waals surface area contributed by atoms with Crippen LogP contribution in [0, 0.1) is 0 Å². The van der Waals surface area contributed by atoms with Crippen LogP contribution in [0.2, 0.25) is 0 Å². The zero-order valence-electron chi connectivity index (χ0n) is 14.1. The zero-order valence-corrected chi connectivity index (χ0v) is 14.9. The average molecular weight is 346 g/mol. The number of hydrogen-bond acceptors (Lipinski definition) is 5. The Morgan fingerprint density at radius 3 is 2.75 bits per heavy atom. The zero-order chi connectivity index (χ0) is 17.5. The molecule has 2 heterocycles. The summed E-state index contributed by atoms with van der Waals surface area (Å²) in [5.74, 6) is 0.591. The van der Waals surface area contributed by atoms with Crippen molar-refractivity contribution in [1.29, 1.82) is 0 Å². The van der Waals surface area contributed by atoms with Gasteiger partial charge in [-0.2, -0.15) is 0 Å². The lowest BCUT2D eigenvalue weighted by Crippen LogP contribution is -2.32. The summed E-state index contributed by atoms with van der Waals surface area (Å²) in [5.41, 5.74) is 0.981. The Bertz CT molecular complexity index is 686. The molecule has 7 heteroatoms. The maximum atomic E-state index is 12.2. The molecule has 2 rings (SSSR count). The van der Waals surface area contributed by atoms with E-state index in [9.17, 15) is 9.59 Å². The summed E-state index contributed by atoms with van der Waals surface area (Å²) in [6.45, 7) is 1.89. The summed E-state index contributed by atoms with van der Waals surface area (Å²) in [6, 6.07) is 7.34. The van der Waals surface area contributed by atoms with Gasteiger partial charge in [0.2, 0.25) is 11.8 Å². The van der Waals surface area contributed by atoms with E-state index >= 15 is 0 Å². The third-order valence-corrected chi connectivity index (χ3v) is 4.40. The van der Waals surface area contributed by atoms with E-state index in [2.05, 4.69) is 15.6 Å². The fourth-order valence-electron chi connectivity index (χ4n) is 2.23. The van der Waals surface area contributed by atoms with Gasteiger partial charge in [0.25, 0.3) is 0 Å². The number of hydrogen-bond donors (Lipinski definition) is 2. The van der Waals surface area contributed by atoms with Crippen LogP contribution >= 0.6 is 11.3 Å². The largest absolute Gasteiger partial charge is 0.363 e. The summed E-state index contributed by atoms with van der Waals surface area (Å²) in [7, 11) is 3.84. The summed E-state index contributed by atoms with van der Waals surface area (Å²) >= 11 is 1.53. The molecule has 2 amide bonds. The molecule has 2 N–H and O–H groups in total. The first-order chi connectivity index (χ1) is 11.5. The Hall–Kier alpha value is -2.41. The van der Waals surface area contributed by atoms with Crippen LogP contribution in [0.25, 0.3) is 0 Å². The van der Waals surface area contributed by atoms with Crippen LogP contribution in [0.1, 0.15) is 29.8 Å². The number of aromatic nitrogens is 1. The van der Waals surface area contributed by atoms with Gasteiger partial charge in [0, 0.05) is 38.6 Å². The topological polar surface area (TPSA) is 74.3 Å². The molecule has 0 aliphatic heterocycles. The number of anilines is 1. The maximum absolute atomic E-state index is 12.2. The molecule has 2 aromatic rings. The molecule has 0 aliphatic carbocycles. The molecule has 0 saturated carbocycles. The second-order valence-electron chi connectivity index (χ2n) is 5.67. The number of pyridine rings is 1. The summed E-state index contributed by atoms with van der Waals surface area (Å²) < 4.78 is 0. The molecule has 0 radical (unpaired) electrons. The predicted molar refractivity (Wildman–Crippen MR) is 95.9 cm³/mol. The Labute approximate surface area is 145 Å². The lowest BCUT2D eigenvalue weighted by atomic mass is 10.1. The number of nitrogens with zero attached hydrogens (tertiary/aromatic N) is 2. The second-order valence-corrected chi connectivity index (χ2v) is 6.65. The van der Waals surface area contributed by atoms with Crippen LogP contribution in [0.4, 0.5) is 5.82 Å². The molecular formula is C17H22N4O2S. The van der Waals surface area contributed by atoms with Gasteiger partial charge in [-0.05, 0) is 29.1 Å². The Morgan fingerprint density at radius 2 is 2.12 bits per heavy atom. The van der Waals surface area contributed by atoms with Crippen molar-refractivity contribution in [3.05, 3.63) is 46.3 Å². The molecule has 2 aromatic heterocycles. The van der Waals surface area contributed by atoms with Crippen molar-refractivity contribution in [2.24, 2.45) is 0 Å². The van der Waals surface area contributed by atoms with Gasteiger partial charge in [0.05, 0.1) is 12.5 Å². The van der Waals surface area contributed by atoms with Crippen molar-refractivity contribution >= 4 is 29.0 Å². The molecule has 0 bridgehead atoms. The van der Waals surface area contributed by atoms with Crippen molar-refractivity contribution in [1.82, 2.24) is 15.6 Å². The SMILES string of the molecule is CC(=O)N[C@H](CC(=O)NCc1ccnc(N(C)C)c1)c1cccs1. The molecule has 6 nitrogen and oxygen atoms in total. The fraction of sp³-hybridized carbons (Fsp3) is 0.353. The number of thiophene rings is 1. The standard InChI is InChI=1S/C17H22N4O2S/c1-12(22)20-14(15-5-4-8-24-15)10-17(23)19-11-13-6-7-18-16(9-13)21(2)3/h4-9,14H,10-11H2,1-3H3,(H,19,23)(H,20,22)/t14-/m1/s1. The van der Waals surface area contributed by atoms with Crippen LogP contribution in [0.5, 0.6) is 0 Å². The molecule has 128 valence electrons. The molecule has 0 unspecified atom stereocenters. The van der Waals surface area contributed by atoms with Gasteiger partial charge in [0.1, 0.15) is 5.82 Å². The maximum Gasteiger partial charge on any atom is 0.222 e. The van der Waals surface area contributed by atoms with E-state index in [0.29, 0.717) is 6.54 Å². The van der Waals surface area contributed by atoms with Crippen LogP contribution < -0.4 is 15.5 Å². The van der Waals surface area contributed by atoms with E-state index in [0.717, 1.165) is 16.3 Å². The molecule has 0 fully saturated rings. The van der Waals surface area contributed by atoms with Gasteiger partial charge in [-0.1, -0.05) is 6.07 Å². The third-order valence-electron chi connectivity index (χ3n) is 3.41. The van der Waals surface area contributed by atoms with Crippen molar-refractivity contribution < 1.29 is 9.59 Å². The van der Waals surface area contributed by atoms with E-state index in [1.165, 1.54) is 18.3 Å². The lowest BCUT2D eigenvalue weighted by molar-refractivity contribution is -0.122. The van der Waals surface area contributed by atoms with Gasteiger partial charge in [-0.25, -0.2) is 4.98 Å². The van der Waals surface area contributed by atoms with E-state index in [1.54, 1.807) is 6.20 Å². The highest BCUT2D eigenvalue weighted by atomic mass is 32.1. The van der Waals surface area contributed by atoms with E-state index in [1.807, 2.05) is 48.6 Å². The first-order valence-electron chi connectivity index (χ1n) is 7.65. The third kappa shape index (κ3) is 5.34. The van der Waals surface area contributed by atoms with Gasteiger partial charge >= 0.3 is 0 Å². The number of rotatable bonds is 7. The minimum Gasteiger partial charge on any atom is -0.363 e. The highest BCUT2D eigenvalue weighted by Crippen LogP contribution is 2.22. The fourth-order valence-corrected chi connectivity index (χ4v) is 3.01. The van der Waals surface area contributed by atoms with Gasteiger partial charge < -0.3 is 15.5 Å².